The smallest absolute Gasteiger partial charge is 0.237 e. The van der Waals surface area contributed by atoms with Gasteiger partial charge in [-0.25, -0.2) is 4.98 Å². The van der Waals surface area contributed by atoms with Gasteiger partial charge in [0.1, 0.15) is 6.54 Å². The van der Waals surface area contributed by atoms with Crippen molar-refractivity contribution in [1.29, 1.82) is 0 Å². The number of primary amides is 1. The van der Waals surface area contributed by atoms with Gasteiger partial charge < -0.3 is 10.3 Å². The first-order chi connectivity index (χ1) is 5.59. The van der Waals surface area contributed by atoms with Crippen molar-refractivity contribution in [2.24, 2.45) is 5.73 Å². The van der Waals surface area contributed by atoms with Crippen LogP contribution in [0.1, 0.15) is 25.5 Å². The number of nitrogens with zero attached hydrogens (tertiary/aromatic N) is 2. The van der Waals surface area contributed by atoms with Crippen LogP contribution < -0.4 is 5.73 Å². The molecule has 0 atom stereocenters. The summed E-state index contributed by atoms with van der Waals surface area (Å²) in [7, 11) is 0. The van der Waals surface area contributed by atoms with Crippen molar-refractivity contribution in [2.75, 3.05) is 0 Å². The van der Waals surface area contributed by atoms with Crippen molar-refractivity contribution < 1.29 is 4.79 Å². The molecule has 1 rings (SSSR count). The summed E-state index contributed by atoms with van der Waals surface area (Å²) in [4.78, 5) is 14.6. The van der Waals surface area contributed by atoms with Crippen molar-refractivity contribution in [3.8, 4) is 0 Å². The number of nitrogens with two attached hydrogens (primary N) is 1. The predicted molar refractivity (Wildman–Crippen MR) is 45.5 cm³/mol. The second kappa shape index (κ2) is 3.38. The lowest BCUT2D eigenvalue weighted by Crippen LogP contribution is -2.17. The van der Waals surface area contributed by atoms with Crippen molar-refractivity contribution >= 4 is 5.91 Å². The molecule has 2 N–H and O–H groups in total. The van der Waals surface area contributed by atoms with Crippen LogP contribution in [0.5, 0.6) is 0 Å². The number of aromatic nitrogens is 2. The first kappa shape index (κ1) is 8.77. The second-order valence-electron chi connectivity index (χ2n) is 3.09. The third kappa shape index (κ3) is 2.08. The molecule has 0 spiro atoms. The van der Waals surface area contributed by atoms with E-state index in [2.05, 4.69) is 18.8 Å². The van der Waals surface area contributed by atoms with Gasteiger partial charge in [0.25, 0.3) is 0 Å². The molecule has 0 unspecified atom stereocenters. The molecule has 12 heavy (non-hydrogen) atoms. The van der Waals surface area contributed by atoms with Crippen LogP contribution in [-0.4, -0.2) is 15.5 Å². The molecule has 0 aliphatic rings. The summed E-state index contributed by atoms with van der Waals surface area (Å²) < 4.78 is 1.69. The normalized spacial score (nSPS) is 10.6. The highest BCUT2D eigenvalue weighted by atomic mass is 16.1. The van der Waals surface area contributed by atoms with E-state index in [1.165, 1.54) is 0 Å². The SMILES string of the molecule is CC(C)c1cn(CC(N)=O)cn1. The Morgan fingerprint density at radius 1 is 1.75 bits per heavy atom. The van der Waals surface area contributed by atoms with Gasteiger partial charge >= 0.3 is 0 Å². The van der Waals surface area contributed by atoms with Gasteiger partial charge in [0.05, 0.1) is 12.0 Å². The van der Waals surface area contributed by atoms with E-state index in [1.54, 1.807) is 10.9 Å². The molecule has 0 bridgehead atoms. The van der Waals surface area contributed by atoms with Crippen LogP contribution in [0.25, 0.3) is 0 Å². The Hall–Kier alpha value is -1.32. The van der Waals surface area contributed by atoms with Gasteiger partial charge in [0.2, 0.25) is 5.91 Å². The van der Waals surface area contributed by atoms with Crippen molar-refractivity contribution in [2.45, 2.75) is 26.3 Å². The van der Waals surface area contributed by atoms with Gasteiger partial charge in [0, 0.05) is 6.20 Å². The summed E-state index contributed by atoms with van der Waals surface area (Å²) in [6.45, 7) is 4.31. The van der Waals surface area contributed by atoms with Crippen LogP contribution in [-0.2, 0) is 11.3 Å². The summed E-state index contributed by atoms with van der Waals surface area (Å²) in [6.07, 6.45) is 3.47. The Kier molecular flexibility index (Phi) is 2.47. The molecule has 0 saturated carbocycles. The summed E-state index contributed by atoms with van der Waals surface area (Å²) in [6, 6.07) is 0. The lowest BCUT2D eigenvalue weighted by Gasteiger charge is -1.97. The maximum atomic E-state index is 10.5. The fraction of sp³-hybridized carbons (Fsp3) is 0.500. The largest absolute Gasteiger partial charge is 0.368 e. The standard InChI is InChI=1S/C8H13N3O/c1-6(2)7-3-11(5-10-7)4-8(9)12/h3,5-6H,4H2,1-2H3,(H2,9,12). The molecule has 0 radical (unpaired) electrons. The molecule has 0 aliphatic carbocycles. The number of rotatable bonds is 3. The minimum Gasteiger partial charge on any atom is -0.368 e. The predicted octanol–water partition coefficient (Wildman–Crippen LogP) is 0.492. The van der Waals surface area contributed by atoms with Crippen LogP contribution in [0.2, 0.25) is 0 Å². The molecule has 1 amide bonds. The summed E-state index contributed by atoms with van der Waals surface area (Å²) in [5, 5.41) is 0. The third-order valence-electron chi connectivity index (χ3n) is 1.58. The van der Waals surface area contributed by atoms with Crippen LogP contribution in [0, 0.1) is 0 Å². The molecule has 0 aliphatic heterocycles. The first-order valence-corrected chi connectivity index (χ1v) is 3.89. The molecular weight excluding hydrogens is 154 g/mol. The average Bonchev–Trinajstić information content (AvgIpc) is 2.34. The molecule has 66 valence electrons. The number of hydrogen-bond acceptors (Lipinski definition) is 2. The topological polar surface area (TPSA) is 60.9 Å². The van der Waals surface area contributed by atoms with E-state index in [0.717, 1.165) is 5.69 Å². The highest BCUT2D eigenvalue weighted by Gasteiger charge is 2.03. The van der Waals surface area contributed by atoms with Gasteiger partial charge in [-0.05, 0) is 5.92 Å². The highest BCUT2D eigenvalue weighted by Crippen LogP contribution is 2.09. The minimum absolute atomic E-state index is 0.208. The molecule has 0 aromatic carbocycles. The van der Waals surface area contributed by atoms with Gasteiger partial charge in [-0.1, -0.05) is 13.8 Å². The fourth-order valence-corrected chi connectivity index (χ4v) is 0.942. The monoisotopic (exact) mass is 167 g/mol. The molecule has 1 aromatic rings. The molecule has 1 heterocycles. The number of hydrogen-bond donors (Lipinski definition) is 1. The van der Waals surface area contributed by atoms with Crippen LogP contribution in [0.4, 0.5) is 0 Å². The number of carbonyl (C=O) groups excluding carboxylic acids is 1. The Labute approximate surface area is 71.4 Å². The maximum absolute atomic E-state index is 10.5. The van der Waals surface area contributed by atoms with E-state index in [4.69, 9.17) is 5.73 Å². The molecule has 0 saturated heterocycles. The molecule has 0 fully saturated rings. The number of imidazole rings is 1. The van der Waals surface area contributed by atoms with Crippen molar-refractivity contribution in [3.63, 3.8) is 0 Å². The number of amides is 1. The van der Waals surface area contributed by atoms with Gasteiger partial charge in [-0.15, -0.1) is 0 Å². The Morgan fingerprint density at radius 2 is 2.42 bits per heavy atom. The van der Waals surface area contributed by atoms with Crippen LogP contribution in [0.3, 0.4) is 0 Å². The van der Waals surface area contributed by atoms with Crippen molar-refractivity contribution in [3.05, 3.63) is 18.2 Å². The fourth-order valence-electron chi connectivity index (χ4n) is 0.942. The molecular formula is C8H13N3O. The molecule has 1 aromatic heterocycles. The van der Waals surface area contributed by atoms with Crippen LogP contribution >= 0.6 is 0 Å². The highest BCUT2D eigenvalue weighted by molar-refractivity contribution is 5.73. The minimum atomic E-state index is -0.345. The Morgan fingerprint density at radius 3 is 2.83 bits per heavy atom. The average molecular weight is 167 g/mol. The van der Waals surface area contributed by atoms with E-state index in [-0.39, 0.29) is 12.5 Å². The van der Waals surface area contributed by atoms with E-state index < -0.39 is 0 Å². The summed E-state index contributed by atoms with van der Waals surface area (Å²) in [5.41, 5.74) is 6.00. The second-order valence-corrected chi connectivity index (χ2v) is 3.09. The van der Waals surface area contributed by atoms with Gasteiger partial charge in [-0.2, -0.15) is 0 Å². The van der Waals surface area contributed by atoms with E-state index in [9.17, 15) is 4.79 Å². The Bertz CT molecular complexity index is 278. The molecule has 4 heteroatoms. The third-order valence-corrected chi connectivity index (χ3v) is 1.58. The zero-order chi connectivity index (χ0) is 9.14. The zero-order valence-electron chi connectivity index (χ0n) is 7.32. The van der Waals surface area contributed by atoms with Gasteiger partial charge in [-0.3, -0.25) is 4.79 Å². The van der Waals surface area contributed by atoms with E-state index in [0.29, 0.717) is 5.92 Å². The van der Waals surface area contributed by atoms with E-state index >= 15 is 0 Å². The Balaban J connectivity index is 2.70. The van der Waals surface area contributed by atoms with Crippen molar-refractivity contribution in [1.82, 2.24) is 9.55 Å². The molecule has 4 nitrogen and oxygen atoms in total. The first-order valence-electron chi connectivity index (χ1n) is 3.89. The number of carbonyl (C=O) groups is 1. The van der Waals surface area contributed by atoms with Gasteiger partial charge in [0.15, 0.2) is 0 Å². The quantitative estimate of drug-likeness (QED) is 0.712. The van der Waals surface area contributed by atoms with E-state index in [1.807, 2.05) is 6.20 Å². The van der Waals surface area contributed by atoms with Crippen LogP contribution in [0.15, 0.2) is 12.5 Å². The summed E-state index contributed by atoms with van der Waals surface area (Å²) >= 11 is 0. The summed E-state index contributed by atoms with van der Waals surface area (Å²) in [5.74, 6) is 0.0434. The lowest BCUT2D eigenvalue weighted by molar-refractivity contribution is -0.118. The lowest BCUT2D eigenvalue weighted by atomic mass is 10.2. The maximum Gasteiger partial charge on any atom is 0.237 e. The zero-order valence-corrected chi connectivity index (χ0v) is 7.32.